The molecule has 0 N–H and O–H groups in total. The van der Waals surface area contributed by atoms with Gasteiger partial charge in [-0.3, -0.25) is 0 Å². The van der Waals surface area contributed by atoms with Crippen LogP contribution in [0.15, 0.2) is 267 Å². The second-order valence-electron chi connectivity index (χ2n) is 16.8. The summed E-state index contributed by atoms with van der Waals surface area (Å²) in [6.07, 6.45) is 0. The fourth-order valence-electron chi connectivity index (χ4n) is 10.1. The van der Waals surface area contributed by atoms with E-state index in [0.717, 1.165) is 33.9 Å². The van der Waals surface area contributed by atoms with Crippen LogP contribution in [0.5, 0.6) is 0 Å². The molecule has 66 heavy (non-hydrogen) atoms. The lowest BCUT2D eigenvalue weighted by Crippen LogP contribution is -2.11. The van der Waals surface area contributed by atoms with Crippen molar-refractivity contribution < 1.29 is 0 Å². The van der Waals surface area contributed by atoms with Crippen molar-refractivity contribution in [1.82, 2.24) is 4.57 Å². The first-order valence-corrected chi connectivity index (χ1v) is 22.7. The normalized spacial score (nSPS) is 11.3. The van der Waals surface area contributed by atoms with Crippen LogP contribution in [-0.4, -0.2) is 4.57 Å². The topological polar surface area (TPSA) is 8.17 Å². The molecule has 0 unspecified atom stereocenters. The van der Waals surface area contributed by atoms with E-state index in [-0.39, 0.29) is 0 Å². The van der Waals surface area contributed by atoms with Crippen LogP contribution >= 0.6 is 0 Å². The van der Waals surface area contributed by atoms with Gasteiger partial charge in [0.1, 0.15) is 0 Å². The van der Waals surface area contributed by atoms with Crippen LogP contribution in [0.25, 0.3) is 93.9 Å². The van der Waals surface area contributed by atoms with Gasteiger partial charge in [-0.2, -0.15) is 0 Å². The quantitative estimate of drug-likeness (QED) is 0.141. The third-order valence-electron chi connectivity index (χ3n) is 13.0. The van der Waals surface area contributed by atoms with Crippen molar-refractivity contribution in [3.63, 3.8) is 0 Å². The van der Waals surface area contributed by atoms with Crippen molar-refractivity contribution in [2.24, 2.45) is 0 Å². The molecule has 0 fully saturated rings. The highest BCUT2D eigenvalue weighted by atomic mass is 15.1. The Hall–Kier alpha value is -8.72. The van der Waals surface area contributed by atoms with Gasteiger partial charge >= 0.3 is 0 Å². The maximum absolute atomic E-state index is 2.46. The van der Waals surface area contributed by atoms with Gasteiger partial charge in [-0.05, 0) is 115 Å². The van der Waals surface area contributed by atoms with Crippen LogP contribution in [0.3, 0.4) is 0 Å². The SMILES string of the molecule is c1ccc(-c2ccccc2-c2ccccc2-c2ccccc2N(c2cccc(-c3cccc4ccccc34)c2)c2cccc(-c3cccc4c3c3ccccc3n4-c3ccccc3)c2)cc1. The van der Waals surface area contributed by atoms with Crippen LogP contribution in [0.2, 0.25) is 0 Å². The van der Waals surface area contributed by atoms with Crippen molar-refractivity contribution >= 4 is 49.6 Å². The van der Waals surface area contributed by atoms with Crippen LogP contribution in [0.1, 0.15) is 0 Å². The number of hydrogen-bond donors (Lipinski definition) is 0. The molecule has 1 heterocycles. The molecule has 0 saturated carbocycles. The Morgan fingerprint density at radius 2 is 0.727 bits per heavy atom. The molecule has 12 aromatic rings. The summed E-state index contributed by atoms with van der Waals surface area (Å²) in [7, 11) is 0. The number of benzene rings is 11. The van der Waals surface area contributed by atoms with Crippen LogP contribution < -0.4 is 4.90 Å². The fourth-order valence-corrected chi connectivity index (χ4v) is 10.1. The maximum atomic E-state index is 2.46. The molecule has 0 atom stereocenters. The van der Waals surface area contributed by atoms with Gasteiger partial charge in [0.25, 0.3) is 0 Å². The van der Waals surface area contributed by atoms with E-state index in [1.807, 2.05) is 0 Å². The van der Waals surface area contributed by atoms with Gasteiger partial charge in [-0.15, -0.1) is 0 Å². The minimum absolute atomic E-state index is 1.07. The first kappa shape index (κ1) is 38.9. The summed E-state index contributed by atoms with van der Waals surface area (Å²) in [5, 5.41) is 4.94. The van der Waals surface area contributed by atoms with Crippen molar-refractivity contribution in [3.05, 3.63) is 267 Å². The first-order valence-electron chi connectivity index (χ1n) is 22.7. The third kappa shape index (κ3) is 6.84. The zero-order valence-electron chi connectivity index (χ0n) is 36.3. The van der Waals surface area contributed by atoms with Gasteiger partial charge in [0.2, 0.25) is 0 Å². The largest absolute Gasteiger partial charge is 0.310 e. The predicted molar refractivity (Wildman–Crippen MR) is 280 cm³/mol. The number of rotatable bonds is 9. The highest BCUT2D eigenvalue weighted by molar-refractivity contribution is 6.16. The highest BCUT2D eigenvalue weighted by Crippen LogP contribution is 2.47. The van der Waals surface area contributed by atoms with Crippen molar-refractivity contribution in [3.8, 4) is 61.3 Å². The lowest BCUT2D eigenvalue weighted by atomic mass is 9.88. The van der Waals surface area contributed by atoms with Gasteiger partial charge in [0.05, 0.1) is 16.7 Å². The minimum Gasteiger partial charge on any atom is -0.310 e. The van der Waals surface area contributed by atoms with E-state index in [2.05, 4.69) is 276 Å². The van der Waals surface area contributed by atoms with Gasteiger partial charge in [0, 0.05) is 33.4 Å². The third-order valence-corrected chi connectivity index (χ3v) is 13.0. The average Bonchev–Trinajstić information content (AvgIpc) is 3.74. The molecule has 12 rings (SSSR count). The molecular weight excluding hydrogens is 797 g/mol. The number of aromatic nitrogens is 1. The average molecular weight is 841 g/mol. The number of hydrogen-bond acceptors (Lipinski definition) is 1. The highest BCUT2D eigenvalue weighted by Gasteiger charge is 2.22. The molecule has 11 aromatic carbocycles. The summed E-state index contributed by atoms with van der Waals surface area (Å²) in [4.78, 5) is 2.46. The summed E-state index contributed by atoms with van der Waals surface area (Å²) >= 11 is 0. The van der Waals surface area contributed by atoms with Crippen molar-refractivity contribution in [1.29, 1.82) is 0 Å². The summed E-state index contributed by atoms with van der Waals surface area (Å²) < 4.78 is 2.40. The summed E-state index contributed by atoms with van der Waals surface area (Å²) in [6, 6.07) is 97.0. The lowest BCUT2D eigenvalue weighted by molar-refractivity contribution is 1.18. The molecule has 0 aliphatic rings. The van der Waals surface area contributed by atoms with Crippen molar-refractivity contribution in [2.75, 3.05) is 4.90 Å². The number of fused-ring (bicyclic) bond motifs is 4. The molecule has 0 aliphatic heterocycles. The van der Waals surface area contributed by atoms with E-state index in [4.69, 9.17) is 0 Å². The van der Waals surface area contributed by atoms with Gasteiger partial charge in [-0.1, -0.05) is 212 Å². The van der Waals surface area contributed by atoms with E-state index in [0.29, 0.717) is 0 Å². The number of nitrogens with zero attached hydrogens (tertiary/aromatic N) is 2. The van der Waals surface area contributed by atoms with Crippen LogP contribution in [0.4, 0.5) is 17.1 Å². The molecular formula is C64H44N2. The predicted octanol–water partition coefficient (Wildman–Crippen LogP) is 17.7. The van der Waals surface area contributed by atoms with E-state index in [9.17, 15) is 0 Å². The molecule has 310 valence electrons. The van der Waals surface area contributed by atoms with Crippen LogP contribution in [0, 0.1) is 0 Å². The lowest BCUT2D eigenvalue weighted by Gasteiger charge is -2.29. The fraction of sp³-hybridized carbons (Fsp3) is 0. The molecule has 1 aromatic heterocycles. The van der Waals surface area contributed by atoms with E-state index in [1.54, 1.807) is 0 Å². The molecule has 0 amide bonds. The van der Waals surface area contributed by atoms with E-state index in [1.165, 1.54) is 77.1 Å². The second-order valence-corrected chi connectivity index (χ2v) is 16.8. The van der Waals surface area contributed by atoms with E-state index >= 15 is 0 Å². The van der Waals surface area contributed by atoms with E-state index < -0.39 is 0 Å². The molecule has 2 nitrogen and oxygen atoms in total. The first-order chi connectivity index (χ1) is 32.8. The van der Waals surface area contributed by atoms with Crippen molar-refractivity contribution in [2.45, 2.75) is 0 Å². The molecule has 0 radical (unpaired) electrons. The zero-order chi connectivity index (χ0) is 43.8. The Bertz CT molecular complexity index is 3710. The Kier molecular flexibility index (Phi) is 9.89. The summed E-state index contributed by atoms with van der Waals surface area (Å²) in [5.74, 6) is 0. The second kappa shape index (κ2) is 16.8. The maximum Gasteiger partial charge on any atom is 0.0547 e. The summed E-state index contributed by atoms with van der Waals surface area (Å²) in [6.45, 7) is 0. The smallest absolute Gasteiger partial charge is 0.0547 e. The Morgan fingerprint density at radius 3 is 1.47 bits per heavy atom. The van der Waals surface area contributed by atoms with Gasteiger partial charge in [-0.25, -0.2) is 0 Å². The minimum atomic E-state index is 1.07. The van der Waals surface area contributed by atoms with Crippen LogP contribution in [-0.2, 0) is 0 Å². The number of anilines is 3. The molecule has 2 heteroatoms. The molecule has 0 aliphatic carbocycles. The Labute approximate surface area is 385 Å². The van der Waals surface area contributed by atoms with Gasteiger partial charge < -0.3 is 9.47 Å². The summed E-state index contributed by atoms with van der Waals surface area (Å²) in [5.41, 5.74) is 18.6. The molecule has 0 spiro atoms. The molecule has 0 bridgehead atoms. The number of para-hydroxylation sites is 3. The Balaban J connectivity index is 1.08. The zero-order valence-corrected chi connectivity index (χ0v) is 36.3. The molecule has 0 saturated heterocycles. The Morgan fingerprint density at radius 1 is 0.273 bits per heavy atom. The van der Waals surface area contributed by atoms with Gasteiger partial charge in [0.15, 0.2) is 0 Å². The standard InChI is InChI=1S/C64H44N2/c1-3-21-45(22-4-1)53-32-9-10-33-56(53)57-34-11-12-35-58(57)59-36-13-15-40-61(59)65(50-29-17-25-47(43-50)54-38-19-24-46-23-7-8-31-52(46)54)51-30-18-26-48(44-51)55-39-20-42-63-64(55)60-37-14-16-41-62(60)66(63)49-27-5-2-6-28-49/h1-44H. The monoisotopic (exact) mass is 840 g/mol.